The largest absolute Gasteiger partial charge is 0.293 e. The monoisotopic (exact) mass is 249 g/mol. The van der Waals surface area contributed by atoms with Crippen LogP contribution in [-0.2, 0) is 6.42 Å². The molecule has 0 amide bonds. The van der Waals surface area contributed by atoms with Crippen molar-refractivity contribution in [3.63, 3.8) is 0 Å². The standard InChI is InChI=1S/C15H11N3O/c16-18-17-12-7-5-10(6-8-12)14-9-11-3-1-2-4-13(11)15(14)19/h1-8,14H,9H2. The summed E-state index contributed by atoms with van der Waals surface area (Å²) in [6.07, 6.45) is 0.746. The molecule has 4 nitrogen and oxygen atoms in total. The van der Waals surface area contributed by atoms with Crippen molar-refractivity contribution in [1.29, 1.82) is 0 Å². The molecule has 0 saturated carbocycles. The summed E-state index contributed by atoms with van der Waals surface area (Å²) in [5.41, 5.74) is 11.8. The van der Waals surface area contributed by atoms with Crippen molar-refractivity contribution in [2.24, 2.45) is 5.11 Å². The molecular weight excluding hydrogens is 238 g/mol. The number of ketones is 1. The average Bonchev–Trinajstić information content (AvgIpc) is 2.78. The normalized spacial score (nSPS) is 16.8. The molecular formula is C15H11N3O. The van der Waals surface area contributed by atoms with Gasteiger partial charge in [0.05, 0.1) is 5.92 Å². The number of hydrogen-bond donors (Lipinski definition) is 0. The summed E-state index contributed by atoms with van der Waals surface area (Å²) in [5, 5.41) is 3.53. The van der Waals surface area contributed by atoms with Gasteiger partial charge >= 0.3 is 0 Å². The Morgan fingerprint density at radius 2 is 1.84 bits per heavy atom. The highest BCUT2D eigenvalue weighted by Gasteiger charge is 2.30. The lowest BCUT2D eigenvalue weighted by Crippen LogP contribution is -2.06. The number of hydrogen-bond acceptors (Lipinski definition) is 2. The van der Waals surface area contributed by atoms with Crippen LogP contribution in [0.3, 0.4) is 0 Å². The van der Waals surface area contributed by atoms with E-state index in [1.807, 2.05) is 36.4 Å². The Hall–Kier alpha value is -2.58. The van der Waals surface area contributed by atoms with E-state index in [-0.39, 0.29) is 11.7 Å². The van der Waals surface area contributed by atoms with Gasteiger partial charge in [-0.3, -0.25) is 4.79 Å². The van der Waals surface area contributed by atoms with Crippen LogP contribution in [-0.4, -0.2) is 5.78 Å². The Balaban J connectivity index is 1.93. The van der Waals surface area contributed by atoms with Crippen molar-refractivity contribution in [3.05, 3.63) is 75.7 Å². The number of Topliss-reactive ketones (excluding diaryl/α,β-unsaturated/α-hetero) is 1. The fraction of sp³-hybridized carbons (Fsp3) is 0.133. The molecule has 0 N–H and O–H groups in total. The number of carbonyl (C=O) groups is 1. The van der Waals surface area contributed by atoms with Crippen LogP contribution in [0.4, 0.5) is 5.69 Å². The van der Waals surface area contributed by atoms with Crippen LogP contribution in [0.2, 0.25) is 0 Å². The first-order chi connectivity index (χ1) is 9.29. The van der Waals surface area contributed by atoms with Gasteiger partial charge in [-0.2, -0.15) is 0 Å². The fourth-order valence-electron chi connectivity index (χ4n) is 2.53. The Morgan fingerprint density at radius 3 is 2.53 bits per heavy atom. The van der Waals surface area contributed by atoms with Gasteiger partial charge in [-0.15, -0.1) is 0 Å². The van der Waals surface area contributed by atoms with Gasteiger partial charge in [-0.1, -0.05) is 53.6 Å². The third kappa shape index (κ3) is 1.98. The van der Waals surface area contributed by atoms with Crippen molar-refractivity contribution in [2.75, 3.05) is 0 Å². The lowest BCUT2D eigenvalue weighted by atomic mass is 9.95. The maximum Gasteiger partial charge on any atom is 0.170 e. The van der Waals surface area contributed by atoms with E-state index in [0.717, 1.165) is 23.1 Å². The van der Waals surface area contributed by atoms with Crippen LogP contribution in [0.25, 0.3) is 10.4 Å². The van der Waals surface area contributed by atoms with E-state index < -0.39 is 0 Å². The van der Waals surface area contributed by atoms with E-state index in [1.54, 1.807) is 12.1 Å². The molecule has 0 heterocycles. The number of nitrogens with zero attached hydrogens (tertiary/aromatic N) is 3. The number of rotatable bonds is 2. The highest BCUT2D eigenvalue weighted by molar-refractivity contribution is 6.05. The molecule has 2 aromatic rings. The zero-order chi connectivity index (χ0) is 13.2. The second kappa shape index (κ2) is 4.59. The second-order valence-electron chi connectivity index (χ2n) is 4.56. The Kier molecular flexibility index (Phi) is 2.78. The lowest BCUT2D eigenvalue weighted by molar-refractivity contribution is 0.0973. The van der Waals surface area contributed by atoms with Crippen molar-refractivity contribution in [2.45, 2.75) is 12.3 Å². The molecule has 1 unspecified atom stereocenters. The molecule has 1 aliphatic carbocycles. The summed E-state index contributed by atoms with van der Waals surface area (Å²) in [7, 11) is 0. The molecule has 3 rings (SSSR count). The third-order valence-corrected chi connectivity index (χ3v) is 3.48. The zero-order valence-electron chi connectivity index (χ0n) is 10.2. The number of benzene rings is 2. The first-order valence-electron chi connectivity index (χ1n) is 6.07. The minimum Gasteiger partial charge on any atom is -0.293 e. The summed E-state index contributed by atoms with van der Waals surface area (Å²) >= 11 is 0. The summed E-state index contributed by atoms with van der Waals surface area (Å²) < 4.78 is 0. The van der Waals surface area contributed by atoms with Crippen molar-refractivity contribution >= 4 is 11.5 Å². The van der Waals surface area contributed by atoms with Gasteiger partial charge in [-0.25, -0.2) is 0 Å². The molecule has 2 aromatic carbocycles. The van der Waals surface area contributed by atoms with Gasteiger partial charge in [0.25, 0.3) is 0 Å². The molecule has 1 aliphatic rings. The van der Waals surface area contributed by atoms with Crippen LogP contribution in [0.15, 0.2) is 53.6 Å². The minimum absolute atomic E-state index is 0.113. The number of carbonyl (C=O) groups excluding carboxylic acids is 1. The third-order valence-electron chi connectivity index (χ3n) is 3.48. The van der Waals surface area contributed by atoms with E-state index in [4.69, 9.17) is 5.53 Å². The van der Waals surface area contributed by atoms with Gasteiger partial charge in [0.1, 0.15) is 0 Å². The SMILES string of the molecule is [N-]=[N+]=Nc1ccc(C2Cc3ccccc3C2=O)cc1. The van der Waals surface area contributed by atoms with Crippen LogP contribution in [0.5, 0.6) is 0 Å². The summed E-state index contributed by atoms with van der Waals surface area (Å²) in [4.78, 5) is 15.1. The lowest BCUT2D eigenvalue weighted by Gasteiger charge is -2.08. The Morgan fingerprint density at radius 1 is 1.11 bits per heavy atom. The van der Waals surface area contributed by atoms with Crippen molar-refractivity contribution in [1.82, 2.24) is 0 Å². The van der Waals surface area contributed by atoms with E-state index >= 15 is 0 Å². The first kappa shape index (κ1) is 11.5. The van der Waals surface area contributed by atoms with E-state index in [1.165, 1.54) is 0 Å². The predicted molar refractivity (Wildman–Crippen MR) is 72.5 cm³/mol. The predicted octanol–water partition coefficient (Wildman–Crippen LogP) is 4.15. The maximum atomic E-state index is 12.3. The van der Waals surface area contributed by atoms with E-state index in [2.05, 4.69) is 10.0 Å². The number of azide groups is 1. The van der Waals surface area contributed by atoms with Crippen molar-refractivity contribution < 1.29 is 4.79 Å². The first-order valence-corrected chi connectivity index (χ1v) is 6.07. The molecule has 0 fully saturated rings. The molecule has 0 aliphatic heterocycles. The minimum atomic E-state index is -0.113. The van der Waals surface area contributed by atoms with Crippen molar-refractivity contribution in [3.8, 4) is 0 Å². The molecule has 0 spiro atoms. The van der Waals surface area contributed by atoms with E-state index in [0.29, 0.717) is 5.69 Å². The molecule has 0 bridgehead atoms. The van der Waals surface area contributed by atoms with Gasteiger partial charge < -0.3 is 0 Å². The van der Waals surface area contributed by atoms with Crippen LogP contribution in [0, 0.1) is 0 Å². The summed E-state index contributed by atoms with van der Waals surface area (Å²) in [6, 6.07) is 14.9. The molecule has 4 heteroatoms. The van der Waals surface area contributed by atoms with Gasteiger partial charge in [-0.05, 0) is 23.1 Å². The topological polar surface area (TPSA) is 65.8 Å². The highest BCUT2D eigenvalue weighted by atomic mass is 16.1. The second-order valence-corrected chi connectivity index (χ2v) is 4.56. The van der Waals surface area contributed by atoms with Gasteiger partial charge in [0.2, 0.25) is 0 Å². The molecule has 92 valence electrons. The number of fused-ring (bicyclic) bond motifs is 1. The summed E-state index contributed by atoms with van der Waals surface area (Å²) in [5.74, 6) is 0.0599. The molecule has 0 aromatic heterocycles. The quantitative estimate of drug-likeness (QED) is 0.448. The van der Waals surface area contributed by atoms with Crippen LogP contribution >= 0.6 is 0 Å². The molecule has 1 atom stereocenters. The molecule has 0 saturated heterocycles. The van der Waals surface area contributed by atoms with E-state index in [9.17, 15) is 4.79 Å². The smallest absolute Gasteiger partial charge is 0.170 e. The van der Waals surface area contributed by atoms with Gasteiger partial charge in [0, 0.05) is 16.2 Å². The van der Waals surface area contributed by atoms with Crippen LogP contribution in [0.1, 0.15) is 27.4 Å². The summed E-state index contributed by atoms with van der Waals surface area (Å²) in [6.45, 7) is 0. The zero-order valence-corrected chi connectivity index (χ0v) is 10.2. The average molecular weight is 249 g/mol. The Labute approximate surface area is 110 Å². The molecule has 0 radical (unpaired) electrons. The highest BCUT2D eigenvalue weighted by Crippen LogP contribution is 2.34. The maximum absolute atomic E-state index is 12.3. The fourth-order valence-corrected chi connectivity index (χ4v) is 2.53. The van der Waals surface area contributed by atoms with Crippen LogP contribution < -0.4 is 0 Å². The Bertz CT molecular complexity index is 685. The molecule has 19 heavy (non-hydrogen) atoms. The van der Waals surface area contributed by atoms with Gasteiger partial charge in [0.15, 0.2) is 5.78 Å².